The average Bonchev–Trinajstić information content (AvgIpc) is 3.95. The highest BCUT2D eigenvalue weighted by molar-refractivity contribution is 6.14. The predicted molar refractivity (Wildman–Crippen MR) is 287 cm³/mol. The van der Waals surface area contributed by atoms with Crippen molar-refractivity contribution in [2.45, 2.75) is 0 Å². The largest absolute Gasteiger partial charge is 0.309 e. The molecular weight excluding hydrogens is 881 g/mol. The highest BCUT2D eigenvalue weighted by Crippen LogP contribution is 2.45. The zero-order valence-electron chi connectivity index (χ0n) is 38.2. The van der Waals surface area contributed by atoms with Crippen molar-refractivity contribution in [1.82, 2.24) is 14.1 Å². The van der Waals surface area contributed by atoms with Gasteiger partial charge in [-0.05, 0) is 136 Å². The van der Waals surface area contributed by atoms with Crippen LogP contribution in [-0.2, 0) is 0 Å². The second-order valence-corrected chi connectivity index (χ2v) is 17.4. The van der Waals surface area contributed by atoms with Crippen LogP contribution in [0.5, 0.6) is 0 Å². The Labute approximate surface area is 414 Å². The van der Waals surface area contributed by atoms with Gasteiger partial charge < -0.3 is 9.13 Å². The third-order valence-corrected chi connectivity index (χ3v) is 13.6. The lowest BCUT2D eigenvalue weighted by Gasteiger charge is -2.18. The van der Waals surface area contributed by atoms with Gasteiger partial charge in [-0.3, -0.25) is 4.98 Å². The predicted octanol–water partition coefficient (Wildman–Crippen LogP) is 16.3. The van der Waals surface area contributed by atoms with Crippen molar-refractivity contribution >= 4 is 55.0 Å². The fourth-order valence-corrected chi connectivity index (χ4v) is 10.3. The maximum Gasteiger partial charge on any atom is 0.194 e. The van der Waals surface area contributed by atoms with Crippen molar-refractivity contribution in [3.63, 3.8) is 0 Å². The van der Waals surface area contributed by atoms with E-state index in [1.54, 1.807) is 6.20 Å². The van der Waals surface area contributed by atoms with Gasteiger partial charge in [-0.15, -0.1) is 0 Å². The van der Waals surface area contributed by atoms with Gasteiger partial charge >= 0.3 is 0 Å². The second-order valence-electron chi connectivity index (χ2n) is 17.4. The summed E-state index contributed by atoms with van der Waals surface area (Å²) in [4.78, 5) is 12.9. The van der Waals surface area contributed by atoms with Crippen LogP contribution in [-0.4, -0.2) is 14.1 Å². The van der Waals surface area contributed by atoms with Crippen LogP contribution in [0.3, 0.4) is 0 Å². The minimum Gasteiger partial charge on any atom is -0.309 e. The molecule has 8 heteroatoms. The molecule has 330 valence electrons. The summed E-state index contributed by atoms with van der Waals surface area (Å²) in [5, 5.41) is 34.6. The summed E-state index contributed by atoms with van der Waals surface area (Å²) >= 11 is 0. The maximum absolute atomic E-state index is 10.5. The molecule has 0 bridgehead atoms. The van der Waals surface area contributed by atoms with Gasteiger partial charge in [0.15, 0.2) is 11.4 Å². The summed E-state index contributed by atoms with van der Waals surface area (Å²) in [6, 6.07) is 72.4. The molecule has 0 spiro atoms. The molecule has 0 aliphatic rings. The zero-order chi connectivity index (χ0) is 48.9. The number of hydrogen-bond donors (Lipinski definition) is 0. The summed E-state index contributed by atoms with van der Waals surface area (Å²) in [7, 11) is 0. The topological polar surface area (TPSA) is 103 Å². The summed E-state index contributed by atoms with van der Waals surface area (Å²) in [6.07, 6.45) is 1.78. The number of rotatable bonds is 7. The van der Waals surface area contributed by atoms with Crippen LogP contribution in [0.25, 0.3) is 120 Å². The van der Waals surface area contributed by atoms with E-state index in [4.69, 9.17) is 18.1 Å². The maximum atomic E-state index is 10.5. The molecule has 0 aliphatic heterocycles. The van der Waals surface area contributed by atoms with Gasteiger partial charge in [0.05, 0.1) is 87.2 Å². The first-order valence-electron chi connectivity index (χ1n) is 23.1. The van der Waals surface area contributed by atoms with Crippen LogP contribution in [0.1, 0.15) is 16.7 Å². The van der Waals surface area contributed by atoms with Gasteiger partial charge in [0, 0.05) is 33.3 Å². The first-order valence-corrected chi connectivity index (χ1v) is 23.1. The Hall–Kier alpha value is -10.8. The molecule has 3 aromatic heterocycles. The summed E-state index contributed by atoms with van der Waals surface area (Å²) in [5.74, 6) is 0. The normalized spacial score (nSPS) is 11.0. The minimum absolute atomic E-state index is 0.464. The molecule has 12 rings (SSSR count). The Kier molecular flexibility index (Phi) is 10.3. The monoisotopic (exact) mass is 914 g/mol. The van der Waals surface area contributed by atoms with E-state index >= 15 is 0 Å². The van der Waals surface area contributed by atoms with Crippen molar-refractivity contribution in [2.75, 3.05) is 0 Å². The fourth-order valence-electron chi connectivity index (χ4n) is 10.3. The van der Waals surface area contributed by atoms with Crippen molar-refractivity contribution in [1.29, 1.82) is 15.8 Å². The number of pyridine rings is 1. The SMILES string of the molecule is [C-]#[N+]c1ccccc1-c1ccc2c(c1)c1cc(-c3ccccc3C#N)ccc1n2-c1ccc(C#N)cc1-c1ncccc1-n1c2ccc(-c3ccccc3C#N)cc2c2cc(-c3ccccc3[N+]#[C-])ccc21. The van der Waals surface area contributed by atoms with Gasteiger partial charge in [-0.1, -0.05) is 109 Å². The van der Waals surface area contributed by atoms with Gasteiger partial charge in [0.25, 0.3) is 0 Å². The van der Waals surface area contributed by atoms with E-state index < -0.39 is 0 Å². The standard InChI is InChI=1S/C64H34N8/c1-68-56-18-9-7-16-49(56)43-24-29-59-53(35-43)51-33-41(47-14-5-3-12-45(47)38-66)22-27-58(51)71(59)62-26-21-40(37-65)32-55(62)64-63(20-11-31-70-64)72-60-28-23-42(48-15-6-4-13-46(48)39-67)34-52(60)54-36-44(25-30-61(54)72)50-17-8-10-19-57(50)69-2/h3-36H. The summed E-state index contributed by atoms with van der Waals surface area (Å²) in [6.45, 7) is 15.9. The van der Waals surface area contributed by atoms with E-state index in [0.717, 1.165) is 105 Å². The van der Waals surface area contributed by atoms with E-state index in [-0.39, 0.29) is 0 Å². The average molecular weight is 915 g/mol. The lowest BCUT2D eigenvalue weighted by Crippen LogP contribution is -2.03. The first-order chi connectivity index (χ1) is 35.5. The van der Waals surface area contributed by atoms with Gasteiger partial charge in [-0.25, -0.2) is 9.69 Å². The number of hydrogen-bond acceptors (Lipinski definition) is 4. The Morgan fingerprint density at radius 2 is 0.792 bits per heavy atom. The Morgan fingerprint density at radius 1 is 0.375 bits per heavy atom. The van der Waals surface area contributed by atoms with Gasteiger partial charge in [-0.2, -0.15) is 15.8 Å². The molecule has 3 heterocycles. The molecule has 0 saturated carbocycles. The Morgan fingerprint density at radius 3 is 1.24 bits per heavy atom. The first kappa shape index (κ1) is 42.5. The molecule has 0 fully saturated rings. The molecule has 72 heavy (non-hydrogen) atoms. The van der Waals surface area contributed by atoms with E-state index in [0.29, 0.717) is 33.8 Å². The Balaban J connectivity index is 1.13. The smallest absolute Gasteiger partial charge is 0.194 e. The second kappa shape index (κ2) is 17.4. The van der Waals surface area contributed by atoms with Crippen LogP contribution >= 0.6 is 0 Å². The van der Waals surface area contributed by atoms with Crippen LogP contribution < -0.4 is 0 Å². The third-order valence-electron chi connectivity index (χ3n) is 13.6. The zero-order valence-corrected chi connectivity index (χ0v) is 38.2. The molecule has 0 amide bonds. The lowest BCUT2D eigenvalue weighted by atomic mass is 9.97. The van der Waals surface area contributed by atoms with E-state index in [9.17, 15) is 15.8 Å². The fraction of sp³-hybridized carbons (Fsp3) is 0. The molecule has 0 unspecified atom stereocenters. The number of nitrogens with zero attached hydrogens (tertiary/aromatic N) is 8. The Bertz CT molecular complexity index is 4250. The van der Waals surface area contributed by atoms with Crippen LogP contribution in [0.15, 0.2) is 206 Å². The highest BCUT2D eigenvalue weighted by Gasteiger charge is 2.24. The molecule has 9 aromatic carbocycles. The lowest BCUT2D eigenvalue weighted by molar-refractivity contribution is 1.13. The number of benzene rings is 9. The molecule has 0 N–H and O–H groups in total. The van der Waals surface area contributed by atoms with E-state index in [1.807, 2.05) is 133 Å². The van der Waals surface area contributed by atoms with Crippen molar-refractivity contribution in [2.24, 2.45) is 0 Å². The molecule has 0 saturated heterocycles. The van der Waals surface area contributed by atoms with Crippen molar-refractivity contribution in [3.05, 3.63) is 246 Å². The minimum atomic E-state index is 0.464. The number of fused-ring (bicyclic) bond motifs is 6. The van der Waals surface area contributed by atoms with E-state index in [2.05, 4.69) is 104 Å². The van der Waals surface area contributed by atoms with Crippen molar-refractivity contribution in [3.8, 4) is 85.3 Å². The summed E-state index contributed by atoms with van der Waals surface area (Å²) in [5.41, 5.74) is 16.2. The third kappa shape index (κ3) is 6.84. The van der Waals surface area contributed by atoms with Crippen molar-refractivity contribution < 1.29 is 0 Å². The molecule has 0 aliphatic carbocycles. The van der Waals surface area contributed by atoms with Crippen LogP contribution in [0.2, 0.25) is 0 Å². The molecule has 0 atom stereocenters. The number of nitriles is 3. The van der Waals surface area contributed by atoms with Gasteiger partial charge in [0.1, 0.15) is 0 Å². The molecule has 12 aromatic rings. The quantitative estimate of drug-likeness (QED) is 0.149. The highest BCUT2D eigenvalue weighted by atomic mass is 15.0. The summed E-state index contributed by atoms with van der Waals surface area (Å²) < 4.78 is 4.43. The van der Waals surface area contributed by atoms with Crippen LogP contribution in [0.4, 0.5) is 11.4 Å². The van der Waals surface area contributed by atoms with Crippen LogP contribution in [0, 0.1) is 47.1 Å². The van der Waals surface area contributed by atoms with Gasteiger partial charge in [0.2, 0.25) is 0 Å². The number of aromatic nitrogens is 3. The molecule has 8 nitrogen and oxygen atoms in total. The molecule has 0 radical (unpaired) electrons. The number of para-hydroxylation sites is 2. The molecular formula is C64H34N8. The van der Waals surface area contributed by atoms with E-state index in [1.165, 1.54) is 0 Å².